The summed E-state index contributed by atoms with van der Waals surface area (Å²) in [6.07, 6.45) is 5.29. The average Bonchev–Trinajstić information content (AvgIpc) is 3.11. The molecule has 3 aliphatic carbocycles. The van der Waals surface area contributed by atoms with Crippen LogP contribution in [0.3, 0.4) is 0 Å². The van der Waals surface area contributed by atoms with Gasteiger partial charge in [0.1, 0.15) is 18.2 Å². The van der Waals surface area contributed by atoms with Gasteiger partial charge in [-0.3, -0.25) is 4.79 Å². The summed E-state index contributed by atoms with van der Waals surface area (Å²) < 4.78 is 21.3. The highest BCUT2D eigenvalue weighted by atomic mass is 19.1. The predicted molar refractivity (Wildman–Crippen MR) is 148 cm³/mol. The molecule has 1 N–H and O–H groups in total. The molecule has 198 valence electrons. The highest BCUT2D eigenvalue weighted by molar-refractivity contribution is 5.79. The van der Waals surface area contributed by atoms with E-state index in [1.807, 2.05) is 25.1 Å². The van der Waals surface area contributed by atoms with Crippen molar-refractivity contribution in [2.24, 2.45) is 17.3 Å². The van der Waals surface area contributed by atoms with Gasteiger partial charge in [0, 0.05) is 11.0 Å². The van der Waals surface area contributed by atoms with Crippen molar-refractivity contribution in [3.8, 4) is 16.9 Å². The minimum atomic E-state index is -0.691. The number of aliphatic carboxylic acids is 1. The van der Waals surface area contributed by atoms with Crippen molar-refractivity contribution in [1.29, 1.82) is 0 Å². The van der Waals surface area contributed by atoms with Crippen molar-refractivity contribution in [3.63, 3.8) is 0 Å². The maximum atomic E-state index is 15.0. The summed E-state index contributed by atoms with van der Waals surface area (Å²) in [6, 6.07) is 17.9. The van der Waals surface area contributed by atoms with E-state index >= 15 is 4.39 Å². The quantitative estimate of drug-likeness (QED) is 0.362. The van der Waals surface area contributed by atoms with Crippen LogP contribution in [-0.4, -0.2) is 11.1 Å². The standard InChI is InChI=1S/C34H37FO3/c1-20-7-12-30(35)27(16-20)25-11-8-22(17-26(25)28-6-5-14-33(28,3)4)19-38-24-10-9-23-13-15-34(29(23)18-24)21(2)31(34)32(36)37/h7-12,16-18,21,28,31H,5-6,13-15,19H2,1-4H3,(H,36,37)/t21-,28+,31+,34+/m0/s1. The van der Waals surface area contributed by atoms with Crippen LogP contribution >= 0.6 is 0 Å². The number of rotatable bonds is 6. The summed E-state index contributed by atoms with van der Waals surface area (Å²) in [6.45, 7) is 9.14. The first-order valence-electron chi connectivity index (χ1n) is 14.0. The molecular formula is C34H37FO3. The second kappa shape index (κ2) is 8.97. The van der Waals surface area contributed by atoms with E-state index in [4.69, 9.17) is 4.74 Å². The average molecular weight is 513 g/mol. The molecule has 0 aromatic heterocycles. The van der Waals surface area contributed by atoms with Crippen LogP contribution in [0.5, 0.6) is 5.75 Å². The summed E-state index contributed by atoms with van der Waals surface area (Å²) in [5.41, 5.74) is 7.32. The zero-order valence-electron chi connectivity index (χ0n) is 22.8. The van der Waals surface area contributed by atoms with Crippen molar-refractivity contribution in [2.75, 3.05) is 0 Å². The second-order valence-corrected chi connectivity index (χ2v) is 12.6. The minimum absolute atomic E-state index is 0.156. The number of benzene rings is 3. The number of aryl methyl sites for hydroxylation is 2. The third-order valence-electron chi connectivity index (χ3n) is 9.98. The Morgan fingerprint density at radius 3 is 2.58 bits per heavy atom. The molecule has 4 atom stereocenters. The Morgan fingerprint density at radius 1 is 1.05 bits per heavy atom. The van der Waals surface area contributed by atoms with Crippen LogP contribution in [0.4, 0.5) is 4.39 Å². The molecule has 2 fully saturated rings. The molecule has 4 heteroatoms. The Morgan fingerprint density at radius 2 is 1.87 bits per heavy atom. The Balaban J connectivity index is 1.30. The number of hydrogen-bond acceptors (Lipinski definition) is 2. The van der Waals surface area contributed by atoms with Gasteiger partial charge >= 0.3 is 5.97 Å². The highest BCUT2D eigenvalue weighted by Crippen LogP contribution is 2.66. The van der Waals surface area contributed by atoms with E-state index in [1.165, 1.54) is 24.0 Å². The van der Waals surface area contributed by atoms with E-state index in [9.17, 15) is 9.90 Å². The van der Waals surface area contributed by atoms with E-state index in [2.05, 4.69) is 51.1 Å². The SMILES string of the molecule is Cc1ccc(F)c(-c2ccc(COc3ccc4c(c3)[C@@]3(CC4)[C@@H](C)[C@@H]3C(=O)O)cc2[C@H]2CCCC2(C)C)c1. The van der Waals surface area contributed by atoms with Gasteiger partial charge in [0.15, 0.2) is 0 Å². The molecule has 3 nitrogen and oxygen atoms in total. The molecule has 0 radical (unpaired) electrons. The Labute approximate surface area is 225 Å². The van der Waals surface area contributed by atoms with Crippen molar-refractivity contribution < 1.29 is 19.0 Å². The third-order valence-corrected chi connectivity index (χ3v) is 9.98. The summed E-state index contributed by atoms with van der Waals surface area (Å²) >= 11 is 0. The smallest absolute Gasteiger partial charge is 0.307 e. The number of fused-ring (bicyclic) bond motifs is 2. The second-order valence-electron chi connectivity index (χ2n) is 12.6. The number of halogens is 1. The fourth-order valence-corrected chi connectivity index (χ4v) is 7.78. The van der Waals surface area contributed by atoms with Crippen molar-refractivity contribution in [3.05, 3.63) is 88.2 Å². The first-order chi connectivity index (χ1) is 18.1. The summed E-state index contributed by atoms with van der Waals surface area (Å²) in [4.78, 5) is 11.8. The summed E-state index contributed by atoms with van der Waals surface area (Å²) in [7, 11) is 0. The molecule has 0 bridgehead atoms. The molecule has 0 aliphatic heterocycles. The minimum Gasteiger partial charge on any atom is -0.489 e. The fraction of sp³-hybridized carbons (Fsp3) is 0.441. The molecule has 0 amide bonds. The maximum absolute atomic E-state index is 15.0. The van der Waals surface area contributed by atoms with E-state index in [-0.39, 0.29) is 28.5 Å². The van der Waals surface area contributed by atoms with E-state index in [0.29, 0.717) is 18.1 Å². The van der Waals surface area contributed by atoms with Crippen LogP contribution in [0, 0.1) is 30.0 Å². The molecule has 3 aliphatic rings. The molecule has 1 spiro atoms. The van der Waals surface area contributed by atoms with E-state index in [1.54, 1.807) is 6.07 Å². The van der Waals surface area contributed by atoms with Gasteiger partial charge in [-0.25, -0.2) is 4.39 Å². The lowest BCUT2D eigenvalue weighted by Crippen LogP contribution is -2.17. The molecule has 3 aromatic carbocycles. The fourth-order valence-electron chi connectivity index (χ4n) is 7.78. The van der Waals surface area contributed by atoms with E-state index in [0.717, 1.165) is 47.3 Å². The van der Waals surface area contributed by atoms with Crippen LogP contribution < -0.4 is 4.74 Å². The first kappa shape index (κ1) is 25.2. The normalized spacial score (nSPS) is 26.9. The predicted octanol–water partition coefficient (Wildman–Crippen LogP) is 8.21. The Kier molecular flexibility index (Phi) is 5.93. The van der Waals surface area contributed by atoms with Crippen LogP contribution in [-0.2, 0) is 23.2 Å². The molecule has 0 heterocycles. The van der Waals surface area contributed by atoms with Crippen LogP contribution in [0.2, 0.25) is 0 Å². The van der Waals surface area contributed by atoms with Crippen LogP contribution in [0.25, 0.3) is 11.1 Å². The lowest BCUT2D eigenvalue weighted by atomic mass is 9.75. The monoisotopic (exact) mass is 512 g/mol. The van der Waals surface area contributed by atoms with Gasteiger partial charge in [0.25, 0.3) is 0 Å². The number of hydrogen-bond donors (Lipinski definition) is 1. The third kappa shape index (κ3) is 3.95. The molecule has 3 aromatic rings. The van der Waals surface area contributed by atoms with Crippen LogP contribution in [0.15, 0.2) is 54.6 Å². The van der Waals surface area contributed by atoms with Gasteiger partial charge in [-0.05, 0) is 102 Å². The van der Waals surface area contributed by atoms with Crippen LogP contribution in [0.1, 0.15) is 80.2 Å². The molecule has 2 saturated carbocycles. The summed E-state index contributed by atoms with van der Waals surface area (Å²) in [5.74, 6) is 0.127. The lowest BCUT2D eigenvalue weighted by Gasteiger charge is -2.30. The highest BCUT2D eigenvalue weighted by Gasteiger charge is 2.68. The van der Waals surface area contributed by atoms with Gasteiger partial charge in [-0.15, -0.1) is 0 Å². The summed E-state index contributed by atoms with van der Waals surface area (Å²) in [5, 5.41) is 9.73. The topological polar surface area (TPSA) is 46.5 Å². The van der Waals surface area contributed by atoms with Crippen molar-refractivity contribution >= 4 is 5.97 Å². The number of carboxylic acids is 1. The van der Waals surface area contributed by atoms with Gasteiger partial charge in [0.2, 0.25) is 0 Å². The van der Waals surface area contributed by atoms with Gasteiger partial charge in [-0.1, -0.05) is 63.1 Å². The van der Waals surface area contributed by atoms with Crippen molar-refractivity contribution in [1.82, 2.24) is 0 Å². The zero-order valence-corrected chi connectivity index (χ0v) is 22.8. The molecule has 0 unspecified atom stereocenters. The number of carboxylic acid groups (broad SMARTS) is 1. The maximum Gasteiger partial charge on any atom is 0.307 e. The van der Waals surface area contributed by atoms with E-state index < -0.39 is 5.97 Å². The Hall–Kier alpha value is -3.14. The number of carbonyl (C=O) groups is 1. The van der Waals surface area contributed by atoms with Crippen molar-refractivity contribution in [2.45, 2.75) is 77.7 Å². The number of ether oxygens (including phenoxy) is 1. The zero-order chi connectivity index (χ0) is 26.8. The molecular weight excluding hydrogens is 475 g/mol. The van der Waals surface area contributed by atoms with Gasteiger partial charge < -0.3 is 9.84 Å². The molecule has 38 heavy (non-hydrogen) atoms. The van der Waals surface area contributed by atoms with Gasteiger partial charge in [-0.2, -0.15) is 0 Å². The lowest BCUT2D eigenvalue weighted by molar-refractivity contribution is -0.139. The molecule has 0 saturated heterocycles. The molecule has 6 rings (SSSR count). The Bertz CT molecular complexity index is 1420. The first-order valence-corrected chi connectivity index (χ1v) is 14.0. The largest absolute Gasteiger partial charge is 0.489 e. The van der Waals surface area contributed by atoms with Gasteiger partial charge in [0.05, 0.1) is 5.92 Å².